The Labute approximate surface area is 150 Å². The average Bonchev–Trinajstić information content (AvgIpc) is 3.36. The van der Waals surface area contributed by atoms with Crippen molar-refractivity contribution in [3.63, 3.8) is 0 Å². The summed E-state index contributed by atoms with van der Waals surface area (Å²) in [5, 5.41) is 6.68. The minimum atomic E-state index is -0.0850. The molecule has 2 fully saturated rings. The summed E-state index contributed by atoms with van der Waals surface area (Å²) in [4.78, 5) is 9.02. The molecule has 1 aromatic heterocycles. The summed E-state index contributed by atoms with van der Waals surface area (Å²) < 4.78 is 11.5. The maximum absolute atomic E-state index is 5.82. The van der Waals surface area contributed by atoms with Gasteiger partial charge in [0, 0.05) is 32.0 Å². The summed E-state index contributed by atoms with van der Waals surface area (Å²) in [7, 11) is 0. The predicted octanol–water partition coefficient (Wildman–Crippen LogP) is 2.49. The van der Waals surface area contributed by atoms with Crippen molar-refractivity contribution in [3.8, 4) is 5.88 Å². The number of pyridine rings is 1. The molecule has 0 aromatic carbocycles. The number of ether oxygens (including phenoxy) is 2. The van der Waals surface area contributed by atoms with Gasteiger partial charge in [-0.05, 0) is 51.0 Å². The van der Waals surface area contributed by atoms with Gasteiger partial charge in [0.15, 0.2) is 5.96 Å². The Hall–Kier alpha value is -1.82. The topological polar surface area (TPSA) is 67.8 Å². The summed E-state index contributed by atoms with van der Waals surface area (Å²) >= 11 is 0. The highest BCUT2D eigenvalue weighted by Gasteiger charge is 2.29. The third-order valence-electron chi connectivity index (χ3n) is 4.66. The van der Waals surface area contributed by atoms with E-state index in [1.165, 1.54) is 12.8 Å². The van der Waals surface area contributed by atoms with Gasteiger partial charge in [0.1, 0.15) is 0 Å². The van der Waals surface area contributed by atoms with Crippen LogP contribution in [0.1, 0.15) is 45.1 Å². The normalized spacial score (nSPS) is 23.5. The van der Waals surface area contributed by atoms with Crippen LogP contribution in [0.4, 0.5) is 0 Å². The van der Waals surface area contributed by atoms with Gasteiger partial charge in [-0.2, -0.15) is 0 Å². The highest BCUT2D eigenvalue weighted by Crippen LogP contribution is 2.29. The third-order valence-corrected chi connectivity index (χ3v) is 4.66. The first kappa shape index (κ1) is 18.0. The molecule has 0 bridgehead atoms. The van der Waals surface area contributed by atoms with Crippen LogP contribution in [0.3, 0.4) is 0 Å². The van der Waals surface area contributed by atoms with E-state index < -0.39 is 0 Å². The van der Waals surface area contributed by atoms with Gasteiger partial charge in [-0.25, -0.2) is 9.98 Å². The molecule has 1 aliphatic carbocycles. The lowest BCUT2D eigenvalue weighted by atomic mass is 10.0. The van der Waals surface area contributed by atoms with E-state index in [-0.39, 0.29) is 5.60 Å². The Kier molecular flexibility index (Phi) is 6.13. The van der Waals surface area contributed by atoms with Gasteiger partial charge in [0.05, 0.1) is 18.8 Å². The molecule has 1 unspecified atom stereocenters. The Morgan fingerprint density at radius 1 is 1.40 bits per heavy atom. The second-order valence-corrected chi connectivity index (χ2v) is 7.21. The molecule has 1 saturated heterocycles. The van der Waals surface area contributed by atoms with Gasteiger partial charge < -0.3 is 20.1 Å². The second-order valence-electron chi connectivity index (χ2n) is 7.21. The van der Waals surface area contributed by atoms with Gasteiger partial charge >= 0.3 is 0 Å². The molecule has 1 saturated carbocycles. The summed E-state index contributed by atoms with van der Waals surface area (Å²) in [6.45, 7) is 8.05. The quantitative estimate of drug-likeness (QED) is 0.559. The van der Waals surface area contributed by atoms with Crippen LogP contribution >= 0.6 is 0 Å². The fraction of sp³-hybridized carbons (Fsp3) is 0.684. The minimum absolute atomic E-state index is 0.0850. The lowest BCUT2D eigenvalue weighted by molar-refractivity contribution is 0.0243. The molecular weight excluding hydrogens is 316 g/mol. The molecule has 138 valence electrons. The highest BCUT2D eigenvalue weighted by atomic mass is 16.5. The molecular formula is C19H30N4O2. The third kappa shape index (κ3) is 5.88. The van der Waals surface area contributed by atoms with Gasteiger partial charge in [0.25, 0.3) is 0 Å². The van der Waals surface area contributed by atoms with Crippen LogP contribution < -0.4 is 15.4 Å². The molecule has 1 aromatic rings. The van der Waals surface area contributed by atoms with Crippen LogP contribution in [0.25, 0.3) is 0 Å². The monoisotopic (exact) mass is 346 g/mol. The average molecular weight is 346 g/mol. The van der Waals surface area contributed by atoms with Crippen LogP contribution in [-0.4, -0.2) is 42.8 Å². The maximum Gasteiger partial charge on any atom is 0.213 e. The molecule has 0 radical (unpaired) electrons. The number of hydrogen-bond donors (Lipinski definition) is 2. The largest absolute Gasteiger partial charge is 0.477 e. The van der Waals surface area contributed by atoms with E-state index >= 15 is 0 Å². The minimum Gasteiger partial charge on any atom is -0.477 e. The number of guanidine groups is 1. The van der Waals surface area contributed by atoms with Crippen molar-refractivity contribution in [2.75, 3.05) is 26.3 Å². The molecule has 2 N–H and O–H groups in total. The molecule has 0 spiro atoms. The fourth-order valence-corrected chi connectivity index (χ4v) is 2.84. The van der Waals surface area contributed by atoms with Crippen LogP contribution in [0.15, 0.2) is 23.3 Å². The second kappa shape index (κ2) is 8.52. The zero-order valence-electron chi connectivity index (χ0n) is 15.4. The number of aliphatic imine (C=N–C) groups is 1. The van der Waals surface area contributed by atoms with Crippen LogP contribution in [-0.2, 0) is 11.3 Å². The van der Waals surface area contributed by atoms with Gasteiger partial charge in [-0.3, -0.25) is 0 Å². The molecule has 1 atom stereocenters. The van der Waals surface area contributed by atoms with Crippen molar-refractivity contribution in [3.05, 3.63) is 23.9 Å². The number of hydrogen-bond acceptors (Lipinski definition) is 4. The maximum atomic E-state index is 5.82. The van der Waals surface area contributed by atoms with Crippen LogP contribution in [0.2, 0.25) is 0 Å². The van der Waals surface area contributed by atoms with E-state index in [0.29, 0.717) is 12.4 Å². The molecule has 1 aliphatic heterocycles. The van der Waals surface area contributed by atoms with Crippen LogP contribution in [0.5, 0.6) is 5.88 Å². The molecule has 2 heterocycles. The Balaban J connectivity index is 1.49. The van der Waals surface area contributed by atoms with Gasteiger partial charge in [0.2, 0.25) is 5.88 Å². The number of aromatic nitrogens is 1. The Bertz CT molecular complexity index is 563. The SMILES string of the molecule is CCNC(=NCc1ccc(OCC2CC2)nc1)NCC1(C)CCCO1. The molecule has 2 aliphatic rings. The number of nitrogens with one attached hydrogen (secondary N) is 2. The first-order valence-electron chi connectivity index (χ1n) is 9.41. The van der Waals surface area contributed by atoms with Crippen LogP contribution in [0, 0.1) is 5.92 Å². The van der Waals surface area contributed by atoms with E-state index in [0.717, 1.165) is 56.6 Å². The van der Waals surface area contributed by atoms with Crippen molar-refractivity contribution in [2.45, 2.75) is 51.7 Å². The highest BCUT2D eigenvalue weighted by molar-refractivity contribution is 5.79. The first-order valence-corrected chi connectivity index (χ1v) is 9.41. The summed E-state index contributed by atoms with van der Waals surface area (Å²) in [5.41, 5.74) is 0.984. The van der Waals surface area contributed by atoms with Crippen molar-refractivity contribution >= 4 is 5.96 Å². The van der Waals surface area contributed by atoms with E-state index in [4.69, 9.17) is 9.47 Å². The van der Waals surface area contributed by atoms with E-state index in [9.17, 15) is 0 Å². The van der Waals surface area contributed by atoms with Crippen molar-refractivity contribution in [2.24, 2.45) is 10.9 Å². The lowest BCUT2D eigenvalue weighted by Gasteiger charge is -2.24. The Morgan fingerprint density at radius 3 is 2.92 bits per heavy atom. The molecule has 6 nitrogen and oxygen atoms in total. The first-order chi connectivity index (χ1) is 12.2. The van der Waals surface area contributed by atoms with Gasteiger partial charge in [-0.15, -0.1) is 0 Å². The van der Waals surface area contributed by atoms with E-state index in [1.807, 2.05) is 18.3 Å². The van der Waals surface area contributed by atoms with E-state index in [1.54, 1.807) is 0 Å². The number of rotatable bonds is 8. The standard InChI is InChI=1S/C19H30N4O2/c1-3-20-18(23-14-19(2)9-4-10-25-19)22-12-16-7-8-17(21-11-16)24-13-15-5-6-15/h7-8,11,15H,3-6,9-10,12-14H2,1-2H3,(H2,20,22,23). The predicted molar refractivity (Wildman–Crippen MR) is 98.9 cm³/mol. The summed E-state index contributed by atoms with van der Waals surface area (Å²) in [6, 6.07) is 3.96. The van der Waals surface area contributed by atoms with Crippen molar-refractivity contribution in [1.82, 2.24) is 15.6 Å². The molecule has 0 amide bonds. The van der Waals surface area contributed by atoms with Gasteiger partial charge in [-0.1, -0.05) is 6.07 Å². The molecule has 6 heteroatoms. The van der Waals surface area contributed by atoms with Crippen molar-refractivity contribution in [1.29, 1.82) is 0 Å². The lowest BCUT2D eigenvalue weighted by Crippen LogP contribution is -2.45. The Morgan fingerprint density at radius 2 is 2.28 bits per heavy atom. The summed E-state index contributed by atoms with van der Waals surface area (Å²) in [5.74, 6) is 2.26. The summed E-state index contributed by atoms with van der Waals surface area (Å²) in [6.07, 6.45) is 6.64. The zero-order valence-corrected chi connectivity index (χ0v) is 15.4. The van der Waals surface area contributed by atoms with E-state index in [2.05, 4.69) is 34.5 Å². The number of nitrogens with zero attached hydrogens (tertiary/aromatic N) is 2. The molecule has 3 rings (SSSR count). The smallest absolute Gasteiger partial charge is 0.213 e. The van der Waals surface area contributed by atoms with Crippen molar-refractivity contribution < 1.29 is 9.47 Å². The zero-order chi connectivity index (χ0) is 17.5. The fourth-order valence-electron chi connectivity index (χ4n) is 2.84. The molecule has 25 heavy (non-hydrogen) atoms.